The van der Waals surface area contributed by atoms with Crippen LogP contribution in [0.5, 0.6) is 0 Å². The molecule has 8 heteroatoms. The van der Waals surface area contributed by atoms with Crippen LogP contribution < -0.4 is 21.7 Å². The Morgan fingerprint density at radius 3 is 2.29 bits per heavy atom. The number of benzene rings is 2. The number of pyridine rings is 1. The van der Waals surface area contributed by atoms with Crippen LogP contribution in [0, 0.1) is 13.8 Å². The van der Waals surface area contributed by atoms with E-state index in [0.29, 0.717) is 39.0 Å². The minimum Gasteiger partial charge on any atom is -0.340 e. The molecular formula is C26H24B4N4. The molecule has 4 nitrogen and oxygen atoms in total. The SMILES string of the molecule is [B]c1c([B])c(C([B])(C)C)c([B])c(C)c1C(=C)Nc1cc2cc(-c3cnc(C)n3C)ccc2cn1. The number of rotatable bonds is 5. The fourth-order valence-electron chi connectivity index (χ4n) is 4.38. The maximum absolute atomic E-state index is 6.43. The average Bonchev–Trinajstić information content (AvgIpc) is 3.09. The van der Waals surface area contributed by atoms with Crippen molar-refractivity contribution in [2.24, 2.45) is 7.05 Å². The summed E-state index contributed by atoms with van der Waals surface area (Å²) in [6, 6.07) is 8.22. The summed E-state index contributed by atoms with van der Waals surface area (Å²) in [6.45, 7) is 11.8. The minimum absolute atomic E-state index is 0.371. The van der Waals surface area contributed by atoms with Crippen molar-refractivity contribution >= 4 is 70.1 Å². The first-order valence-corrected chi connectivity index (χ1v) is 11.0. The van der Waals surface area contributed by atoms with Crippen LogP contribution in [0.25, 0.3) is 27.7 Å². The van der Waals surface area contributed by atoms with Gasteiger partial charge in [0.05, 0.1) is 19.7 Å². The van der Waals surface area contributed by atoms with Crippen molar-refractivity contribution in [2.75, 3.05) is 5.32 Å². The number of hydrogen-bond acceptors (Lipinski definition) is 3. The topological polar surface area (TPSA) is 42.7 Å². The Balaban J connectivity index is 1.72. The molecule has 8 radical (unpaired) electrons. The first-order chi connectivity index (χ1) is 15.9. The van der Waals surface area contributed by atoms with Gasteiger partial charge in [0.25, 0.3) is 0 Å². The molecule has 0 unspecified atom stereocenters. The van der Waals surface area contributed by atoms with Crippen molar-refractivity contribution in [3.05, 3.63) is 65.8 Å². The molecule has 4 rings (SSSR count). The van der Waals surface area contributed by atoms with Gasteiger partial charge < -0.3 is 9.88 Å². The van der Waals surface area contributed by atoms with E-state index in [1.807, 2.05) is 53.2 Å². The Morgan fingerprint density at radius 2 is 1.68 bits per heavy atom. The standard InChI is InChI=1S/C26H24B4N4/c1-13-21(24(28)25(29)22(23(13)27)26(4,5)30)14(2)33-20-10-18-9-16(7-8-17(18)11-32-20)19-12-31-15(3)34(19)6/h7-12H,2H2,1,3-6H3,(H,32,33). The van der Waals surface area contributed by atoms with Crippen LogP contribution in [0.15, 0.2) is 43.2 Å². The Morgan fingerprint density at radius 1 is 0.971 bits per heavy atom. The monoisotopic (exact) mass is 436 g/mol. The third-order valence-electron chi connectivity index (χ3n) is 6.34. The van der Waals surface area contributed by atoms with Gasteiger partial charge in [0.2, 0.25) is 0 Å². The van der Waals surface area contributed by atoms with Crippen LogP contribution >= 0.6 is 0 Å². The van der Waals surface area contributed by atoms with E-state index in [9.17, 15) is 0 Å². The Bertz CT molecular complexity index is 1420. The highest BCUT2D eigenvalue weighted by atomic mass is 15.0. The molecule has 1 N–H and O–H groups in total. The van der Waals surface area contributed by atoms with Crippen LogP contribution in [0.4, 0.5) is 5.82 Å². The molecule has 2 aromatic carbocycles. The molecule has 0 fully saturated rings. The molecule has 0 atom stereocenters. The summed E-state index contributed by atoms with van der Waals surface area (Å²) in [6.07, 6.45) is 3.70. The summed E-state index contributed by atoms with van der Waals surface area (Å²) in [7, 11) is 27.5. The zero-order valence-corrected chi connectivity index (χ0v) is 20.3. The molecule has 0 aliphatic carbocycles. The fourth-order valence-corrected chi connectivity index (χ4v) is 4.38. The summed E-state index contributed by atoms with van der Waals surface area (Å²) < 4.78 is 2.07. The lowest BCUT2D eigenvalue weighted by Gasteiger charge is -2.31. The lowest BCUT2D eigenvalue weighted by atomic mass is 9.56. The van der Waals surface area contributed by atoms with Crippen LogP contribution in [0.3, 0.4) is 0 Å². The highest BCUT2D eigenvalue weighted by Crippen LogP contribution is 2.27. The molecule has 0 bridgehead atoms. The van der Waals surface area contributed by atoms with Crippen LogP contribution in [0.1, 0.15) is 36.4 Å². The normalized spacial score (nSPS) is 11.7. The Hall–Kier alpha value is -3.14. The number of hydrogen-bond donors (Lipinski definition) is 1. The molecule has 0 spiro atoms. The summed E-state index contributed by atoms with van der Waals surface area (Å²) >= 11 is 0. The number of aromatic nitrogens is 3. The van der Waals surface area contributed by atoms with Crippen molar-refractivity contribution in [3.63, 3.8) is 0 Å². The summed E-state index contributed by atoms with van der Waals surface area (Å²) in [5.41, 5.74) is 6.03. The van der Waals surface area contributed by atoms with E-state index in [1.54, 1.807) is 0 Å². The van der Waals surface area contributed by atoms with E-state index < -0.39 is 5.31 Å². The van der Waals surface area contributed by atoms with E-state index >= 15 is 0 Å². The molecule has 0 saturated heterocycles. The van der Waals surface area contributed by atoms with Crippen molar-refractivity contribution < 1.29 is 0 Å². The van der Waals surface area contributed by atoms with Crippen LogP contribution in [0.2, 0.25) is 0 Å². The largest absolute Gasteiger partial charge is 0.340 e. The maximum atomic E-state index is 6.43. The number of anilines is 1. The fraction of sp³-hybridized carbons (Fsp3) is 0.231. The third kappa shape index (κ3) is 4.11. The van der Waals surface area contributed by atoms with Gasteiger partial charge in [-0.25, -0.2) is 9.97 Å². The van der Waals surface area contributed by atoms with Crippen molar-refractivity contribution in [2.45, 2.75) is 33.0 Å². The maximum Gasteiger partial charge on any atom is 0.130 e. The van der Waals surface area contributed by atoms with E-state index in [0.717, 1.165) is 33.4 Å². The van der Waals surface area contributed by atoms with Gasteiger partial charge in [0.1, 0.15) is 35.2 Å². The number of imidazole rings is 1. The molecule has 34 heavy (non-hydrogen) atoms. The highest BCUT2D eigenvalue weighted by molar-refractivity contribution is 6.53. The first kappa shape index (κ1) is 24.0. The predicted molar refractivity (Wildman–Crippen MR) is 147 cm³/mol. The second-order valence-electron chi connectivity index (χ2n) is 9.32. The van der Waals surface area contributed by atoms with Crippen molar-refractivity contribution in [1.29, 1.82) is 0 Å². The summed E-state index contributed by atoms with van der Waals surface area (Å²) in [5.74, 6) is 1.59. The predicted octanol–water partition coefficient (Wildman–Crippen LogP) is 2.12. The molecule has 0 saturated carbocycles. The van der Waals surface area contributed by atoms with E-state index in [1.165, 1.54) is 0 Å². The summed E-state index contributed by atoms with van der Waals surface area (Å²) in [5, 5.41) is 4.60. The van der Waals surface area contributed by atoms with Crippen molar-refractivity contribution in [1.82, 2.24) is 14.5 Å². The van der Waals surface area contributed by atoms with Crippen molar-refractivity contribution in [3.8, 4) is 11.3 Å². The lowest BCUT2D eigenvalue weighted by Crippen LogP contribution is -2.45. The quantitative estimate of drug-likeness (QED) is 0.488. The smallest absolute Gasteiger partial charge is 0.130 e. The lowest BCUT2D eigenvalue weighted by molar-refractivity contribution is 0.775. The third-order valence-corrected chi connectivity index (χ3v) is 6.34. The van der Waals surface area contributed by atoms with Gasteiger partial charge in [-0.05, 0) is 47.8 Å². The molecule has 2 heterocycles. The zero-order chi connectivity index (χ0) is 24.9. The van der Waals surface area contributed by atoms with Gasteiger partial charge in [-0.3, -0.25) is 0 Å². The van der Waals surface area contributed by atoms with Gasteiger partial charge in [-0.15, -0.1) is 5.46 Å². The first-order valence-electron chi connectivity index (χ1n) is 11.0. The van der Waals surface area contributed by atoms with Gasteiger partial charge in [-0.1, -0.05) is 49.0 Å². The Labute approximate surface area is 206 Å². The molecule has 2 aromatic heterocycles. The summed E-state index contributed by atoms with van der Waals surface area (Å²) in [4.78, 5) is 8.95. The molecule has 4 aromatic rings. The molecule has 0 amide bonds. The van der Waals surface area contributed by atoms with Crippen LogP contribution in [-0.2, 0) is 12.4 Å². The number of fused-ring (bicyclic) bond motifs is 1. The van der Waals surface area contributed by atoms with E-state index in [-0.39, 0.29) is 0 Å². The second-order valence-corrected chi connectivity index (χ2v) is 9.32. The van der Waals surface area contributed by atoms with E-state index in [2.05, 4.69) is 44.6 Å². The second kappa shape index (κ2) is 8.57. The molecule has 0 aliphatic heterocycles. The number of nitrogens with one attached hydrogen (secondary N) is 1. The van der Waals surface area contributed by atoms with Crippen LogP contribution in [-0.4, -0.2) is 45.9 Å². The number of nitrogens with zero attached hydrogens (tertiary/aromatic N) is 3. The Kier molecular flexibility index (Phi) is 6.05. The molecular weight excluding hydrogens is 412 g/mol. The van der Waals surface area contributed by atoms with Gasteiger partial charge in [-0.2, -0.15) is 0 Å². The minimum atomic E-state index is -0.732. The van der Waals surface area contributed by atoms with Gasteiger partial charge in [0.15, 0.2) is 0 Å². The van der Waals surface area contributed by atoms with E-state index in [4.69, 9.17) is 31.4 Å². The van der Waals surface area contributed by atoms with Gasteiger partial charge >= 0.3 is 0 Å². The molecule has 160 valence electrons. The highest BCUT2D eigenvalue weighted by Gasteiger charge is 2.23. The zero-order valence-electron chi connectivity index (χ0n) is 20.3. The average molecular weight is 436 g/mol. The number of aryl methyl sites for hydroxylation is 1. The molecule has 0 aliphatic rings. The van der Waals surface area contributed by atoms with Gasteiger partial charge in [0, 0.05) is 29.9 Å².